The maximum atomic E-state index is 12.1. The minimum absolute atomic E-state index is 0.198. The number of hydrogen-bond acceptors (Lipinski definition) is 3. The number of hydrogen-bond donors (Lipinski definition) is 2. The molecule has 0 aromatic heterocycles. The highest BCUT2D eigenvalue weighted by molar-refractivity contribution is 9.10. The van der Waals surface area contributed by atoms with Crippen LogP contribution in [0.25, 0.3) is 0 Å². The molecular weight excluding hydrogens is 348 g/mol. The Kier molecular flexibility index (Phi) is 5.68. The first-order chi connectivity index (χ1) is 10.6. The van der Waals surface area contributed by atoms with Gasteiger partial charge in [0, 0.05) is 4.47 Å². The predicted octanol–water partition coefficient (Wildman–Crippen LogP) is 2.92. The summed E-state index contributed by atoms with van der Waals surface area (Å²) in [7, 11) is 1.35. The molecule has 0 heterocycles. The van der Waals surface area contributed by atoms with E-state index in [2.05, 4.69) is 31.6 Å². The van der Waals surface area contributed by atoms with E-state index in [-0.39, 0.29) is 12.3 Å². The molecule has 2 N–H and O–H groups in total. The van der Waals surface area contributed by atoms with Crippen molar-refractivity contribution in [3.63, 3.8) is 0 Å². The molecule has 2 amide bonds. The fraction of sp³-hybridized carbons (Fsp3) is 0.125. The van der Waals surface area contributed by atoms with Crippen LogP contribution in [-0.4, -0.2) is 18.9 Å². The van der Waals surface area contributed by atoms with Crippen LogP contribution in [0.2, 0.25) is 0 Å². The number of halogens is 1. The first kappa shape index (κ1) is 16.2. The predicted molar refractivity (Wildman–Crippen MR) is 87.4 cm³/mol. The first-order valence-electron chi connectivity index (χ1n) is 6.57. The lowest BCUT2D eigenvalue weighted by atomic mass is 10.1. The first-order valence-corrected chi connectivity index (χ1v) is 7.36. The van der Waals surface area contributed by atoms with Crippen molar-refractivity contribution in [2.24, 2.45) is 0 Å². The van der Waals surface area contributed by atoms with E-state index >= 15 is 0 Å². The van der Waals surface area contributed by atoms with Crippen LogP contribution >= 0.6 is 15.9 Å². The smallest absolute Gasteiger partial charge is 0.276 e. The van der Waals surface area contributed by atoms with E-state index in [0.717, 1.165) is 10.0 Å². The minimum Gasteiger partial charge on any atom is -0.325 e. The normalized spacial score (nSPS) is 10.1. The molecule has 114 valence electrons. The molecule has 2 aromatic carbocycles. The lowest BCUT2D eigenvalue weighted by Gasteiger charge is -2.10. The molecule has 0 saturated carbocycles. The summed E-state index contributed by atoms with van der Waals surface area (Å²) in [5.41, 5.74) is 3.90. The molecule has 0 aliphatic carbocycles. The number of anilines is 1. The van der Waals surface area contributed by atoms with Crippen molar-refractivity contribution >= 4 is 33.4 Å². The maximum absolute atomic E-state index is 12.1. The number of nitrogens with one attached hydrogen (secondary N) is 2. The van der Waals surface area contributed by atoms with Crippen molar-refractivity contribution in [2.75, 3.05) is 12.4 Å². The molecule has 5 nitrogen and oxygen atoms in total. The monoisotopic (exact) mass is 362 g/mol. The highest BCUT2D eigenvalue weighted by Gasteiger charge is 2.13. The molecule has 0 radical (unpaired) electrons. The average molecular weight is 363 g/mol. The van der Waals surface area contributed by atoms with E-state index in [1.807, 2.05) is 24.3 Å². The molecule has 22 heavy (non-hydrogen) atoms. The Hall–Kier alpha value is -2.18. The van der Waals surface area contributed by atoms with Crippen molar-refractivity contribution in [1.82, 2.24) is 5.48 Å². The zero-order valence-corrected chi connectivity index (χ0v) is 13.5. The second kappa shape index (κ2) is 7.72. The van der Waals surface area contributed by atoms with Crippen LogP contribution in [0.5, 0.6) is 0 Å². The van der Waals surface area contributed by atoms with E-state index in [1.54, 1.807) is 24.3 Å². The van der Waals surface area contributed by atoms with Gasteiger partial charge < -0.3 is 5.32 Å². The van der Waals surface area contributed by atoms with Crippen LogP contribution in [0.1, 0.15) is 15.9 Å². The summed E-state index contributed by atoms with van der Waals surface area (Å²) in [4.78, 5) is 28.6. The Morgan fingerprint density at radius 2 is 1.91 bits per heavy atom. The van der Waals surface area contributed by atoms with Gasteiger partial charge >= 0.3 is 0 Å². The molecule has 0 aliphatic rings. The molecule has 0 atom stereocenters. The van der Waals surface area contributed by atoms with Crippen LogP contribution in [0.3, 0.4) is 0 Å². The Morgan fingerprint density at radius 1 is 1.14 bits per heavy atom. The lowest BCUT2D eigenvalue weighted by molar-refractivity contribution is -0.115. The van der Waals surface area contributed by atoms with Gasteiger partial charge in [0.2, 0.25) is 5.91 Å². The SMILES string of the molecule is CONC(=O)c1ccccc1NC(=O)Cc1cccc(Br)c1. The molecule has 0 fully saturated rings. The topological polar surface area (TPSA) is 67.4 Å². The number of carbonyl (C=O) groups excluding carboxylic acids is 2. The summed E-state index contributed by atoms with van der Waals surface area (Å²) < 4.78 is 0.915. The van der Waals surface area contributed by atoms with Crippen LogP contribution in [0.4, 0.5) is 5.69 Å². The Labute approximate surface area is 136 Å². The Bertz CT molecular complexity index is 689. The highest BCUT2D eigenvalue weighted by Crippen LogP contribution is 2.16. The minimum atomic E-state index is -0.416. The van der Waals surface area contributed by atoms with Crippen LogP contribution in [-0.2, 0) is 16.1 Å². The maximum Gasteiger partial charge on any atom is 0.276 e. The quantitative estimate of drug-likeness (QED) is 0.803. The summed E-state index contributed by atoms with van der Waals surface area (Å²) in [6.07, 6.45) is 0.222. The van der Waals surface area contributed by atoms with Crippen LogP contribution < -0.4 is 10.8 Å². The molecule has 0 unspecified atom stereocenters. The van der Waals surface area contributed by atoms with E-state index < -0.39 is 5.91 Å². The summed E-state index contributed by atoms with van der Waals surface area (Å²) in [5.74, 6) is -0.614. The number of amides is 2. The number of para-hydroxylation sites is 1. The molecule has 2 aromatic rings. The van der Waals surface area contributed by atoms with Crippen molar-refractivity contribution in [1.29, 1.82) is 0 Å². The zero-order valence-electron chi connectivity index (χ0n) is 11.9. The third kappa shape index (κ3) is 4.41. The number of carbonyl (C=O) groups is 2. The highest BCUT2D eigenvalue weighted by atomic mass is 79.9. The summed E-state index contributed by atoms with van der Waals surface area (Å²) >= 11 is 3.37. The summed E-state index contributed by atoms with van der Waals surface area (Å²) in [6, 6.07) is 14.3. The molecule has 0 saturated heterocycles. The number of rotatable bonds is 5. The summed E-state index contributed by atoms with van der Waals surface area (Å²) in [5, 5.41) is 2.75. The average Bonchev–Trinajstić information content (AvgIpc) is 2.48. The van der Waals surface area contributed by atoms with Gasteiger partial charge in [-0.3, -0.25) is 14.4 Å². The number of benzene rings is 2. The van der Waals surface area contributed by atoms with Gasteiger partial charge in [0.1, 0.15) is 0 Å². The third-order valence-corrected chi connectivity index (χ3v) is 3.39. The lowest BCUT2D eigenvalue weighted by Crippen LogP contribution is -2.24. The van der Waals surface area contributed by atoms with Gasteiger partial charge in [-0.1, -0.05) is 40.2 Å². The molecule has 6 heteroatoms. The van der Waals surface area contributed by atoms with Crippen molar-refractivity contribution in [3.8, 4) is 0 Å². The Balaban J connectivity index is 2.10. The van der Waals surface area contributed by atoms with Crippen molar-refractivity contribution < 1.29 is 14.4 Å². The molecule has 2 rings (SSSR count). The Morgan fingerprint density at radius 3 is 2.64 bits per heavy atom. The molecule has 0 aliphatic heterocycles. The largest absolute Gasteiger partial charge is 0.325 e. The van der Waals surface area contributed by atoms with E-state index in [4.69, 9.17) is 0 Å². The van der Waals surface area contributed by atoms with E-state index in [1.165, 1.54) is 7.11 Å². The molecular formula is C16H15BrN2O3. The van der Waals surface area contributed by atoms with Gasteiger partial charge in [0.25, 0.3) is 5.91 Å². The second-order valence-corrected chi connectivity index (χ2v) is 5.45. The van der Waals surface area contributed by atoms with Gasteiger partial charge in [-0.25, -0.2) is 5.48 Å². The van der Waals surface area contributed by atoms with Gasteiger partial charge in [-0.2, -0.15) is 0 Å². The summed E-state index contributed by atoms with van der Waals surface area (Å²) in [6.45, 7) is 0. The van der Waals surface area contributed by atoms with Crippen molar-refractivity contribution in [3.05, 3.63) is 64.1 Å². The third-order valence-electron chi connectivity index (χ3n) is 2.89. The second-order valence-electron chi connectivity index (χ2n) is 4.54. The van der Waals surface area contributed by atoms with Gasteiger partial charge in [0.05, 0.1) is 24.8 Å². The van der Waals surface area contributed by atoms with Crippen LogP contribution in [0.15, 0.2) is 53.0 Å². The molecule has 0 bridgehead atoms. The fourth-order valence-electron chi connectivity index (χ4n) is 1.96. The van der Waals surface area contributed by atoms with Crippen molar-refractivity contribution in [2.45, 2.75) is 6.42 Å². The van der Waals surface area contributed by atoms with Gasteiger partial charge in [0.15, 0.2) is 0 Å². The zero-order chi connectivity index (χ0) is 15.9. The van der Waals surface area contributed by atoms with E-state index in [0.29, 0.717) is 11.3 Å². The molecule has 0 spiro atoms. The van der Waals surface area contributed by atoms with Crippen LogP contribution in [0, 0.1) is 0 Å². The van der Waals surface area contributed by atoms with Gasteiger partial charge in [-0.15, -0.1) is 0 Å². The van der Waals surface area contributed by atoms with Gasteiger partial charge in [-0.05, 0) is 29.8 Å². The van der Waals surface area contributed by atoms with E-state index in [9.17, 15) is 9.59 Å². The standard InChI is InChI=1S/C16H15BrN2O3/c1-22-19-16(21)13-7-2-3-8-14(13)18-15(20)10-11-5-4-6-12(17)9-11/h2-9H,10H2,1H3,(H,18,20)(H,19,21). The fourth-order valence-corrected chi connectivity index (χ4v) is 2.41. The number of hydroxylamine groups is 1.